The summed E-state index contributed by atoms with van der Waals surface area (Å²) in [6, 6.07) is 10.2. The fraction of sp³-hybridized carbons (Fsp3) is 0.333. The summed E-state index contributed by atoms with van der Waals surface area (Å²) >= 11 is 5.25. The molecule has 0 aliphatic rings. The van der Waals surface area contributed by atoms with Crippen molar-refractivity contribution in [2.75, 3.05) is 19.8 Å². The molecule has 0 amide bonds. The molecule has 0 aliphatic heterocycles. The van der Waals surface area contributed by atoms with Gasteiger partial charge in [-0.05, 0) is 48.2 Å². The molecule has 0 aliphatic carbocycles. The first kappa shape index (κ1) is 18.8. The van der Waals surface area contributed by atoms with Crippen LogP contribution < -0.4 is 4.74 Å². The predicted octanol–water partition coefficient (Wildman–Crippen LogP) is 5.06. The Kier molecular flexibility index (Phi) is 7.12. The van der Waals surface area contributed by atoms with E-state index in [1.165, 1.54) is 4.90 Å². The van der Waals surface area contributed by atoms with Gasteiger partial charge in [0.25, 0.3) is 0 Å². The van der Waals surface area contributed by atoms with Crippen molar-refractivity contribution in [1.29, 1.82) is 0 Å². The Labute approximate surface area is 156 Å². The topological polar surface area (TPSA) is 37.7 Å². The molecule has 0 fully saturated rings. The molecule has 0 unspecified atom stereocenters. The first-order chi connectivity index (χ1) is 11.5. The third-order valence-corrected chi connectivity index (χ3v) is 4.96. The number of rotatable bonds is 7. The number of thioether (sulfide) groups is 1. The zero-order valence-electron chi connectivity index (χ0n) is 14.4. The van der Waals surface area contributed by atoms with Crippen molar-refractivity contribution >= 4 is 39.7 Å². The lowest BCUT2D eigenvalue weighted by molar-refractivity contribution is 0.288. The van der Waals surface area contributed by atoms with E-state index in [0.29, 0.717) is 12.5 Å². The molecule has 0 saturated carbocycles. The van der Waals surface area contributed by atoms with Crippen molar-refractivity contribution in [3.05, 3.63) is 46.1 Å². The van der Waals surface area contributed by atoms with Crippen LogP contribution in [0.15, 0.2) is 44.7 Å². The molecule has 1 heterocycles. The van der Waals surface area contributed by atoms with E-state index < -0.39 is 0 Å². The van der Waals surface area contributed by atoms with Crippen LogP contribution in [0.1, 0.15) is 18.2 Å². The molecule has 0 spiro atoms. The Hall–Kier alpha value is -1.53. The second kappa shape index (κ2) is 9.08. The molecular formula is C18H22BrN3OS. The van der Waals surface area contributed by atoms with Gasteiger partial charge < -0.3 is 9.64 Å². The first-order valence-corrected chi connectivity index (χ1v) is 9.73. The lowest BCUT2D eigenvalue weighted by Crippen LogP contribution is -2.14. The number of aliphatic imine (C=N–C) groups is 1. The minimum atomic E-state index is 0.489. The van der Waals surface area contributed by atoms with E-state index in [-0.39, 0.29) is 0 Å². The van der Waals surface area contributed by atoms with Gasteiger partial charge in [0.1, 0.15) is 6.61 Å². The van der Waals surface area contributed by atoms with E-state index in [0.717, 1.165) is 28.0 Å². The standard InChI is InChI=1S/C18H22BrN3OS/c1-5-22(3)12-20-16-10-15(19)18(21-13(16)2)23-11-14-8-6-7-9-17(14)24-4/h6-10,12H,5,11H2,1-4H3. The highest BCUT2D eigenvalue weighted by Crippen LogP contribution is 2.30. The second-order valence-electron chi connectivity index (χ2n) is 5.30. The van der Waals surface area contributed by atoms with Gasteiger partial charge in [0.2, 0.25) is 5.88 Å². The number of pyridine rings is 1. The number of aryl methyl sites for hydroxylation is 1. The Morgan fingerprint density at radius 2 is 2.12 bits per heavy atom. The highest BCUT2D eigenvalue weighted by molar-refractivity contribution is 9.10. The molecule has 2 rings (SSSR count). The highest BCUT2D eigenvalue weighted by Gasteiger charge is 2.09. The SMILES string of the molecule is CCN(C)C=Nc1cc(Br)c(OCc2ccccc2SC)nc1C. The van der Waals surface area contributed by atoms with Gasteiger partial charge in [-0.3, -0.25) is 0 Å². The lowest BCUT2D eigenvalue weighted by atomic mass is 10.2. The van der Waals surface area contributed by atoms with E-state index in [1.54, 1.807) is 11.8 Å². The molecule has 6 heteroatoms. The summed E-state index contributed by atoms with van der Waals surface area (Å²) in [6.07, 6.45) is 3.88. The fourth-order valence-electron chi connectivity index (χ4n) is 1.99. The molecule has 2 aromatic rings. The molecule has 0 saturated heterocycles. The molecule has 1 aromatic heterocycles. The van der Waals surface area contributed by atoms with Crippen molar-refractivity contribution < 1.29 is 4.74 Å². The van der Waals surface area contributed by atoms with Crippen LogP contribution >= 0.6 is 27.7 Å². The second-order valence-corrected chi connectivity index (χ2v) is 7.00. The molecule has 1 aromatic carbocycles. The summed E-state index contributed by atoms with van der Waals surface area (Å²) in [7, 11) is 1.99. The van der Waals surface area contributed by atoms with Gasteiger partial charge in [0.15, 0.2) is 0 Å². The average molecular weight is 408 g/mol. The first-order valence-electron chi connectivity index (χ1n) is 7.71. The molecule has 128 valence electrons. The summed E-state index contributed by atoms with van der Waals surface area (Å²) in [5.74, 6) is 0.589. The van der Waals surface area contributed by atoms with Crippen LogP contribution in [-0.2, 0) is 6.61 Å². The Morgan fingerprint density at radius 3 is 2.83 bits per heavy atom. The van der Waals surface area contributed by atoms with Crippen LogP contribution in [0.4, 0.5) is 5.69 Å². The van der Waals surface area contributed by atoms with Gasteiger partial charge in [-0.2, -0.15) is 0 Å². The van der Waals surface area contributed by atoms with Gasteiger partial charge in [0, 0.05) is 24.1 Å². The van der Waals surface area contributed by atoms with E-state index in [9.17, 15) is 0 Å². The maximum absolute atomic E-state index is 5.91. The van der Waals surface area contributed by atoms with Crippen LogP contribution in [-0.4, -0.2) is 36.1 Å². The molecular weight excluding hydrogens is 386 g/mol. The maximum Gasteiger partial charge on any atom is 0.228 e. The summed E-state index contributed by atoms with van der Waals surface area (Å²) in [4.78, 5) is 12.2. The number of hydrogen-bond acceptors (Lipinski definition) is 4. The lowest BCUT2D eigenvalue weighted by Gasteiger charge is -2.12. The van der Waals surface area contributed by atoms with Crippen LogP contribution in [0.3, 0.4) is 0 Å². The minimum absolute atomic E-state index is 0.489. The van der Waals surface area contributed by atoms with Gasteiger partial charge in [-0.1, -0.05) is 18.2 Å². The largest absolute Gasteiger partial charge is 0.472 e. The normalized spacial score (nSPS) is 11.0. The third-order valence-electron chi connectivity index (χ3n) is 3.56. The van der Waals surface area contributed by atoms with Crippen molar-refractivity contribution in [1.82, 2.24) is 9.88 Å². The monoisotopic (exact) mass is 407 g/mol. The van der Waals surface area contributed by atoms with Crippen molar-refractivity contribution in [2.45, 2.75) is 25.3 Å². The average Bonchev–Trinajstić information content (AvgIpc) is 2.60. The molecule has 24 heavy (non-hydrogen) atoms. The van der Waals surface area contributed by atoms with Gasteiger partial charge >= 0.3 is 0 Å². The minimum Gasteiger partial charge on any atom is -0.472 e. The molecule has 0 N–H and O–H groups in total. The smallest absolute Gasteiger partial charge is 0.228 e. The van der Waals surface area contributed by atoms with Crippen molar-refractivity contribution in [3.8, 4) is 5.88 Å². The van der Waals surface area contributed by atoms with Crippen molar-refractivity contribution in [2.24, 2.45) is 4.99 Å². The van der Waals surface area contributed by atoms with Gasteiger partial charge in [-0.15, -0.1) is 11.8 Å². The summed E-state index contributed by atoms with van der Waals surface area (Å²) < 4.78 is 6.72. The highest BCUT2D eigenvalue weighted by atomic mass is 79.9. The Balaban J connectivity index is 2.14. The van der Waals surface area contributed by atoms with Crippen LogP contribution in [0.25, 0.3) is 0 Å². The number of halogens is 1. The maximum atomic E-state index is 5.91. The fourth-order valence-corrected chi connectivity index (χ4v) is 3.02. The van der Waals surface area contributed by atoms with Crippen LogP contribution in [0.5, 0.6) is 5.88 Å². The zero-order chi connectivity index (χ0) is 17.5. The number of hydrogen-bond donors (Lipinski definition) is 0. The Bertz CT molecular complexity index is 721. The summed E-state index contributed by atoms with van der Waals surface area (Å²) in [5.41, 5.74) is 2.83. The van der Waals surface area contributed by atoms with E-state index >= 15 is 0 Å². The number of benzene rings is 1. The van der Waals surface area contributed by atoms with Gasteiger partial charge in [-0.25, -0.2) is 9.98 Å². The summed E-state index contributed by atoms with van der Waals surface area (Å²) in [5, 5.41) is 0. The van der Waals surface area contributed by atoms with Crippen LogP contribution in [0, 0.1) is 6.92 Å². The quantitative estimate of drug-likeness (QED) is 0.364. The zero-order valence-corrected chi connectivity index (χ0v) is 16.8. The third kappa shape index (κ3) is 4.98. The predicted molar refractivity (Wildman–Crippen MR) is 106 cm³/mol. The number of nitrogens with zero attached hydrogens (tertiary/aromatic N) is 3. The molecule has 0 bridgehead atoms. The molecule has 4 nitrogen and oxygen atoms in total. The molecule has 0 radical (unpaired) electrons. The van der Waals surface area contributed by atoms with Crippen LogP contribution in [0.2, 0.25) is 0 Å². The summed E-state index contributed by atoms with van der Waals surface area (Å²) in [6.45, 7) is 5.42. The van der Waals surface area contributed by atoms with Crippen molar-refractivity contribution in [3.63, 3.8) is 0 Å². The van der Waals surface area contributed by atoms with Gasteiger partial charge in [0.05, 0.1) is 22.2 Å². The Morgan fingerprint density at radius 1 is 1.38 bits per heavy atom. The van der Waals surface area contributed by atoms with E-state index in [1.807, 2.05) is 43.4 Å². The van der Waals surface area contributed by atoms with E-state index in [4.69, 9.17) is 4.74 Å². The molecule has 0 atom stereocenters. The number of ether oxygens (including phenoxy) is 1. The number of aromatic nitrogens is 1. The van der Waals surface area contributed by atoms with E-state index in [2.05, 4.69) is 51.2 Å².